The maximum Gasteiger partial charge on any atom is 0.0587 e. The van der Waals surface area contributed by atoms with Crippen molar-refractivity contribution in [3.05, 3.63) is 34.3 Å². The van der Waals surface area contributed by atoms with E-state index in [9.17, 15) is 0 Å². The monoisotopic (exact) mass is 315 g/mol. The minimum atomic E-state index is 0.472. The van der Waals surface area contributed by atoms with E-state index in [-0.39, 0.29) is 0 Å². The number of ether oxygens (including phenoxy) is 2. The highest BCUT2D eigenvalue weighted by atomic mass is 79.9. The number of hydrogen-bond donors (Lipinski definition) is 1. The smallest absolute Gasteiger partial charge is 0.0587 e. The van der Waals surface area contributed by atoms with Crippen molar-refractivity contribution in [2.45, 2.75) is 12.3 Å². The molecule has 0 aliphatic rings. The molecule has 1 N–H and O–H groups in total. The highest BCUT2D eigenvalue weighted by Gasteiger charge is 2.11. The van der Waals surface area contributed by atoms with Gasteiger partial charge in [0.05, 0.1) is 6.61 Å². The lowest BCUT2D eigenvalue weighted by Crippen LogP contribution is -2.25. The Morgan fingerprint density at radius 2 is 2.00 bits per heavy atom. The van der Waals surface area contributed by atoms with Crippen molar-refractivity contribution in [2.75, 3.05) is 40.5 Å². The summed E-state index contributed by atoms with van der Waals surface area (Å²) in [6.45, 7) is 3.36. The minimum absolute atomic E-state index is 0.472. The summed E-state index contributed by atoms with van der Waals surface area (Å²) in [5, 5.41) is 3.42. The molecule has 0 aromatic heterocycles. The molecule has 18 heavy (non-hydrogen) atoms. The summed E-state index contributed by atoms with van der Waals surface area (Å²) in [6, 6.07) is 8.48. The highest BCUT2D eigenvalue weighted by Crippen LogP contribution is 2.22. The Kier molecular flexibility index (Phi) is 8.25. The molecule has 0 saturated carbocycles. The van der Waals surface area contributed by atoms with Crippen LogP contribution in [0.25, 0.3) is 0 Å². The lowest BCUT2D eigenvalue weighted by Gasteiger charge is -2.18. The molecule has 1 unspecified atom stereocenters. The van der Waals surface area contributed by atoms with Gasteiger partial charge >= 0.3 is 0 Å². The van der Waals surface area contributed by atoms with Crippen LogP contribution in [-0.2, 0) is 9.47 Å². The zero-order valence-corrected chi connectivity index (χ0v) is 12.7. The number of benzene rings is 1. The molecule has 0 radical (unpaired) electrons. The third kappa shape index (κ3) is 5.96. The van der Waals surface area contributed by atoms with Gasteiger partial charge in [-0.3, -0.25) is 0 Å². The lowest BCUT2D eigenvalue weighted by molar-refractivity contribution is 0.183. The first-order valence-electron chi connectivity index (χ1n) is 6.22. The van der Waals surface area contributed by atoms with Gasteiger partial charge in [-0.05, 0) is 30.0 Å². The fraction of sp³-hybridized carbons (Fsp3) is 0.571. The Bertz CT molecular complexity index is 333. The molecule has 4 heteroatoms. The first-order chi connectivity index (χ1) is 8.77. The van der Waals surface area contributed by atoms with E-state index in [0.717, 1.165) is 37.2 Å². The molecule has 0 bridgehead atoms. The van der Waals surface area contributed by atoms with Gasteiger partial charge in [0.1, 0.15) is 0 Å². The maximum absolute atomic E-state index is 5.19. The fourth-order valence-electron chi connectivity index (χ4n) is 1.86. The van der Waals surface area contributed by atoms with Gasteiger partial charge < -0.3 is 14.8 Å². The average molecular weight is 316 g/mol. The average Bonchev–Trinajstić information content (AvgIpc) is 2.38. The van der Waals surface area contributed by atoms with Crippen LogP contribution in [0.2, 0.25) is 0 Å². The van der Waals surface area contributed by atoms with Crippen LogP contribution in [0.3, 0.4) is 0 Å². The molecule has 102 valence electrons. The minimum Gasteiger partial charge on any atom is -0.385 e. The first kappa shape index (κ1) is 15.6. The zero-order valence-electron chi connectivity index (χ0n) is 11.1. The molecule has 0 saturated heterocycles. The molecule has 0 spiro atoms. The quantitative estimate of drug-likeness (QED) is 0.711. The summed E-state index contributed by atoms with van der Waals surface area (Å²) in [5.74, 6) is 0.472. The molecule has 0 aliphatic carbocycles. The van der Waals surface area contributed by atoms with Gasteiger partial charge in [0.15, 0.2) is 0 Å². The molecule has 0 fully saturated rings. The second kappa shape index (κ2) is 9.50. The van der Waals surface area contributed by atoms with E-state index in [2.05, 4.69) is 45.5 Å². The Hall–Kier alpha value is -0.420. The molecule has 0 aliphatic heterocycles. The number of rotatable bonds is 9. The van der Waals surface area contributed by atoms with E-state index in [4.69, 9.17) is 9.47 Å². The molecule has 1 aromatic carbocycles. The van der Waals surface area contributed by atoms with Crippen LogP contribution >= 0.6 is 15.9 Å². The summed E-state index contributed by atoms with van der Waals surface area (Å²) in [5.41, 5.74) is 1.34. The van der Waals surface area contributed by atoms with Crippen molar-refractivity contribution in [3.8, 4) is 0 Å². The van der Waals surface area contributed by atoms with Crippen molar-refractivity contribution in [2.24, 2.45) is 0 Å². The Morgan fingerprint density at radius 1 is 1.22 bits per heavy atom. The standard InChI is InChI=1S/C14H22BrNO2/c1-17-8-6-13(11-16-7-9-18-2)12-4-3-5-14(15)10-12/h3-5,10,13,16H,6-9,11H2,1-2H3. The van der Waals surface area contributed by atoms with Crippen LogP contribution in [0.15, 0.2) is 28.7 Å². The normalized spacial score (nSPS) is 12.6. The molecule has 1 atom stereocenters. The van der Waals surface area contributed by atoms with E-state index in [1.807, 2.05) is 0 Å². The van der Waals surface area contributed by atoms with Gasteiger partial charge in [0.25, 0.3) is 0 Å². The first-order valence-corrected chi connectivity index (χ1v) is 7.01. The van der Waals surface area contributed by atoms with Gasteiger partial charge in [0.2, 0.25) is 0 Å². The predicted octanol–water partition coefficient (Wildman–Crippen LogP) is 2.81. The summed E-state index contributed by atoms with van der Waals surface area (Å²) in [6.07, 6.45) is 1.02. The third-order valence-electron chi connectivity index (χ3n) is 2.86. The lowest BCUT2D eigenvalue weighted by atomic mass is 9.96. The summed E-state index contributed by atoms with van der Waals surface area (Å²) in [7, 11) is 3.47. The van der Waals surface area contributed by atoms with Crippen molar-refractivity contribution < 1.29 is 9.47 Å². The van der Waals surface area contributed by atoms with Crippen LogP contribution in [-0.4, -0.2) is 40.5 Å². The Balaban J connectivity index is 2.54. The summed E-state index contributed by atoms with van der Waals surface area (Å²) < 4.78 is 11.3. The maximum atomic E-state index is 5.19. The molecule has 1 aromatic rings. The van der Waals surface area contributed by atoms with Crippen molar-refractivity contribution >= 4 is 15.9 Å². The molecule has 1 rings (SSSR count). The molecule has 3 nitrogen and oxygen atoms in total. The van der Waals surface area contributed by atoms with Gasteiger partial charge in [0, 0.05) is 38.4 Å². The Morgan fingerprint density at radius 3 is 2.67 bits per heavy atom. The second-order valence-corrected chi connectivity index (χ2v) is 5.15. The Labute approximate surface area is 118 Å². The molecule has 0 amide bonds. The van der Waals surface area contributed by atoms with Crippen LogP contribution in [0.4, 0.5) is 0 Å². The van der Waals surface area contributed by atoms with E-state index >= 15 is 0 Å². The van der Waals surface area contributed by atoms with Crippen molar-refractivity contribution in [3.63, 3.8) is 0 Å². The fourth-order valence-corrected chi connectivity index (χ4v) is 2.27. The largest absolute Gasteiger partial charge is 0.385 e. The number of nitrogens with one attached hydrogen (secondary N) is 1. The second-order valence-electron chi connectivity index (χ2n) is 4.23. The van der Waals surface area contributed by atoms with Crippen molar-refractivity contribution in [1.29, 1.82) is 0 Å². The highest BCUT2D eigenvalue weighted by molar-refractivity contribution is 9.10. The number of halogens is 1. The molecule has 0 heterocycles. The summed E-state index contributed by atoms with van der Waals surface area (Å²) in [4.78, 5) is 0. The van der Waals surface area contributed by atoms with Gasteiger partial charge in [-0.15, -0.1) is 0 Å². The van der Waals surface area contributed by atoms with Gasteiger partial charge in [-0.2, -0.15) is 0 Å². The number of methoxy groups -OCH3 is 2. The summed E-state index contributed by atoms with van der Waals surface area (Å²) >= 11 is 3.52. The topological polar surface area (TPSA) is 30.5 Å². The van der Waals surface area contributed by atoms with E-state index < -0.39 is 0 Å². The van der Waals surface area contributed by atoms with Gasteiger partial charge in [-0.1, -0.05) is 28.1 Å². The number of hydrogen-bond acceptors (Lipinski definition) is 3. The van der Waals surface area contributed by atoms with E-state index in [1.54, 1.807) is 14.2 Å². The predicted molar refractivity (Wildman–Crippen MR) is 78.1 cm³/mol. The SMILES string of the molecule is COCCNCC(CCOC)c1cccc(Br)c1. The van der Waals surface area contributed by atoms with Crippen molar-refractivity contribution in [1.82, 2.24) is 5.32 Å². The van der Waals surface area contributed by atoms with Crippen LogP contribution in [0, 0.1) is 0 Å². The molecular formula is C14H22BrNO2. The van der Waals surface area contributed by atoms with Gasteiger partial charge in [-0.25, -0.2) is 0 Å². The van der Waals surface area contributed by atoms with Crippen LogP contribution in [0.1, 0.15) is 17.9 Å². The third-order valence-corrected chi connectivity index (χ3v) is 3.36. The molecular weight excluding hydrogens is 294 g/mol. The van der Waals surface area contributed by atoms with Crippen LogP contribution in [0.5, 0.6) is 0 Å². The van der Waals surface area contributed by atoms with E-state index in [1.165, 1.54) is 5.56 Å². The van der Waals surface area contributed by atoms with E-state index in [0.29, 0.717) is 5.92 Å². The zero-order chi connectivity index (χ0) is 13.2. The van der Waals surface area contributed by atoms with Crippen LogP contribution < -0.4 is 5.32 Å².